The highest BCUT2D eigenvalue weighted by molar-refractivity contribution is 5.43. The quantitative estimate of drug-likeness (QED) is 0.647. The van der Waals surface area contributed by atoms with Crippen molar-refractivity contribution in [3.63, 3.8) is 0 Å². The second-order valence-electron chi connectivity index (χ2n) is 6.20. The first-order chi connectivity index (χ1) is 11.8. The van der Waals surface area contributed by atoms with Gasteiger partial charge in [0.15, 0.2) is 0 Å². The van der Waals surface area contributed by atoms with E-state index in [1.54, 1.807) is 0 Å². The highest BCUT2D eigenvalue weighted by atomic mass is 15.0. The maximum atomic E-state index is 3.83. The minimum Gasteiger partial charge on any atom is -0.303 e. The van der Waals surface area contributed by atoms with Gasteiger partial charge in [0.1, 0.15) is 0 Å². The van der Waals surface area contributed by atoms with Crippen LogP contribution in [0.25, 0.3) is 0 Å². The van der Waals surface area contributed by atoms with Crippen LogP contribution in [0.1, 0.15) is 36.5 Å². The topological polar surface area (TPSA) is 12.0 Å². The van der Waals surface area contributed by atoms with E-state index >= 15 is 0 Å². The Morgan fingerprint density at radius 2 is 1.12 bits per heavy atom. The third kappa shape index (κ3) is 3.00. The van der Waals surface area contributed by atoms with Gasteiger partial charge in [-0.1, -0.05) is 105 Å². The molecule has 0 radical (unpaired) electrons. The average Bonchev–Trinajstić information content (AvgIpc) is 2.68. The Bertz CT molecular complexity index is 695. The van der Waals surface area contributed by atoms with Crippen molar-refractivity contribution in [2.45, 2.75) is 25.3 Å². The van der Waals surface area contributed by atoms with E-state index in [0.717, 1.165) is 6.54 Å². The molecule has 1 atom stereocenters. The Labute approximate surface area is 145 Å². The fourth-order valence-corrected chi connectivity index (χ4v) is 3.70. The van der Waals surface area contributed by atoms with E-state index in [4.69, 9.17) is 0 Å². The van der Waals surface area contributed by atoms with Crippen LogP contribution in [0.2, 0.25) is 0 Å². The summed E-state index contributed by atoms with van der Waals surface area (Å²) in [5.41, 5.74) is 3.69. The van der Waals surface area contributed by atoms with Crippen molar-refractivity contribution in [2.24, 2.45) is 0 Å². The third-order valence-electron chi connectivity index (χ3n) is 4.86. The van der Waals surface area contributed by atoms with E-state index in [9.17, 15) is 0 Å². The monoisotopic (exact) mass is 315 g/mol. The van der Waals surface area contributed by atoms with Crippen molar-refractivity contribution in [3.05, 3.63) is 108 Å². The Hall–Kier alpha value is -2.38. The molecule has 24 heavy (non-hydrogen) atoms. The van der Waals surface area contributed by atoms with Crippen LogP contribution in [0.3, 0.4) is 0 Å². The van der Waals surface area contributed by atoms with Crippen molar-refractivity contribution < 1.29 is 0 Å². The molecule has 0 heterocycles. The zero-order valence-corrected chi connectivity index (χ0v) is 14.4. The molecule has 3 aromatic rings. The summed E-state index contributed by atoms with van der Waals surface area (Å²) in [6, 6.07) is 32.4. The first-order valence-corrected chi connectivity index (χ1v) is 8.70. The van der Waals surface area contributed by atoms with Crippen molar-refractivity contribution >= 4 is 0 Å². The predicted molar refractivity (Wildman–Crippen MR) is 102 cm³/mol. The SMILES string of the molecule is CCNC(c1ccccc1)(c1ccccc1)C(C)c1ccccc1. The molecule has 0 saturated heterocycles. The molecular weight excluding hydrogens is 290 g/mol. The predicted octanol–water partition coefficient (Wildman–Crippen LogP) is 5.34. The number of hydrogen-bond donors (Lipinski definition) is 1. The summed E-state index contributed by atoms with van der Waals surface area (Å²) in [6.07, 6.45) is 0. The first kappa shape index (κ1) is 16.5. The van der Waals surface area contributed by atoms with Gasteiger partial charge in [-0.2, -0.15) is 0 Å². The summed E-state index contributed by atoms with van der Waals surface area (Å²) in [6.45, 7) is 5.40. The van der Waals surface area contributed by atoms with Gasteiger partial charge in [-0.15, -0.1) is 0 Å². The molecular formula is C23H25N. The van der Waals surface area contributed by atoms with E-state index in [1.807, 2.05) is 0 Å². The molecule has 3 aromatic carbocycles. The summed E-state index contributed by atoms with van der Waals surface area (Å²) in [5, 5.41) is 3.83. The van der Waals surface area contributed by atoms with Gasteiger partial charge in [-0.05, 0) is 23.2 Å². The van der Waals surface area contributed by atoms with E-state index in [-0.39, 0.29) is 5.54 Å². The molecule has 1 unspecified atom stereocenters. The van der Waals surface area contributed by atoms with Gasteiger partial charge in [0, 0.05) is 5.92 Å². The molecule has 122 valence electrons. The minimum absolute atomic E-state index is 0.251. The molecule has 3 rings (SSSR count). The molecule has 0 aliphatic heterocycles. The Morgan fingerprint density at radius 3 is 1.54 bits per heavy atom. The van der Waals surface area contributed by atoms with E-state index < -0.39 is 0 Å². The lowest BCUT2D eigenvalue weighted by Gasteiger charge is -2.41. The molecule has 0 saturated carbocycles. The number of nitrogens with one attached hydrogen (secondary N) is 1. The standard InChI is InChI=1S/C23H25N/c1-3-24-23(21-15-9-5-10-16-21,22-17-11-6-12-18-22)19(2)20-13-7-4-8-14-20/h4-19,24H,3H2,1-2H3. The van der Waals surface area contributed by atoms with Gasteiger partial charge in [0.25, 0.3) is 0 Å². The maximum absolute atomic E-state index is 3.83. The van der Waals surface area contributed by atoms with Crippen LogP contribution in [0.15, 0.2) is 91.0 Å². The van der Waals surface area contributed by atoms with Crippen LogP contribution in [0, 0.1) is 0 Å². The molecule has 0 spiro atoms. The van der Waals surface area contributed by atoms with Crippen molar-refractivity contribution in [2.75, 3.05) is 6.54 Å². The first-order valence-electron chi connectivity index (χ1n) is 8.70. The molecule has 1 N–H and O–H groups in total. The lowest BCUT2D eigenvalue weighted by atomic mass is 9.71. The Balaban J connectivity index is 2.23. The normalized spacial score (nSPS) is 12.8. The van der Waals surface area contributed by atoms with Crippen molar-refractivity contribution in [1.82, 2.24) is 5.32 Å². The largest absolute Gasteiger partial charge is 0.303 e. The van der Waals surface area contributed by atoms with Crippen LogP contribution in [0.5, 0.6) is 0 Å². The highest BCUT2D eigenvalue weighted by Crippen LogP contribution is 2.42. The third-order valence-corrected chi connectivity index (χ3v) is 4.86. The molecule has 1 heteroatoms. The van der Waals surface area contributed by atoms with E-state index in [0.29, 0.717) is 5.92 Å². The van der Waals surface area contributed by atoms with Gasteiger partial charge in [-0.3, -0.25) is 0 Å². The molecule has 1 nitrogen and oxygen atoms in total. The highest BCUT2D eigenvalue weighted by Gasteiger charge is 2.39. The fourth-order valence-electron chi connectivity index (χ4n) is 3.70. The average molecular weight is 315 g/mol. The summed E-state index contributed by atoms with van der Waals surface area (Å²) in [4.78, 5) is 0. The van der Waals surface area contributed by atoms with Crippen LogP contribution in [-0.4, -0.2) is 6.54 Å². The number of rotatable bonds is 6. The Morgan fingerprint density at radius 1 is 0.708 bits per heavy atom. The lowest BCUT2D eigenvalue weighted by molar-refractivity contribution is 0.349. The lowest BCUT2D eigenvalue weighted by Crippen LogP contribution is -2.47. The second-order valence-corrected chi connectivity index (χ2v) is 6.20. The smallest absolute Gasteiger partial charge is 0.0757 e. The van der Waals surface area contributed by atoms with Gasteiger partial charge >= 0.3 is 0 Å². The van der Waals surface area contributed by atoms with Crippen LogP contribution in [0.4, 0.5) is 0 Å². The van der Waals surface area contributed by atoms with Gasteiger partial charge in [0.2, 0.25) is 0 Å². The second kappa shape index (κ2) is 7.46. The molecule has 0 aliphatic carbocycles. The van der Waals surface area contributed by atoms with E-state index in [1.165, 1.54) is 16.7 Å². The zero-order chi connectivity index (χ0) is 16.8. The molecule has 0 aromatic heterocycles. The molecule has 0 bridgehead atoms. The molecule has 0 aliphatic rings. The Kier molecular flexibility index (Phi) is 5.12. The van der Waals surface area contributed by atoms with Gasteiger partial charge in [0.05, 0.1) is 5.54 Å². The zero-order valence-electron chi connectivity index (χ0n) is 14.4. The van der Waals surface area contributed by atoms with Crippen LogP contribution >= 0.6 is 0 Å². The summed E-state index contributed by atoms with van der Waals surface area (Å²) in [5.74, 6) is 0.295. The number of benzene rings is 3. The number of likely N-dealkylation sites (N-methyl/N-ethyl adjacent to an activating group) is 1. The molecule has 0 fully saturated rings. The summed E-state index contributed by atoms with van der Waals surface area (Å²) in [7, 11) is 0. The van der Waals surface area contributed by atoms with Crippen molar-refractivity contribution in [3.8, 4) is 0 Å². The van der Waals surface area contributed by atoms with Gasteiger partial charge < -0.3 is 5.32 Å². The molecule has 0 amide bonds. The van der Waals surface area contributed by atoms with Crippen molar-refractivity contribution in [1.29, 1.82) is 0 Å². The van der Waals surface area contributed by atoms with Crippen LogP contribution < -0.4 is 5.32 Å². The summed E-state index contributed by atoms with van der Waals surface area (Å²) < 4.78 is 0. The number of hydrogen-bond acceptors (Lipinski definition) is 1. The maximum Gasteiger partial charge on any atom is 0.0757 e. The fraction of sp³-hybridized carbons (Fsp3) is 0.217. The summed E-state index contributed by atoms with van der Waals surface area (Å²) >= 11 is 0. The van der Waals surface area contributed by atoms with E-state index in [2.05, 4.69) is 110 Å². The van der Waals surface area contributed by atoms with Crippen LogP contribution in [-0.2, 0) is 5.54 Å². The van der Waals surface area contributed by atoms with Gasteiger partial charge in [-0.25, -0.2) is 0 Å². The minimum atomic E-state index is -0.251.